The van der Waals surface area contributed by atoms with Gasteiger partial charge in [0.05, 0.1) is 6.10 Å². The maximum atomic E-state index is 5.74. The third-order valence-corrected chi connectivity index (χ3v) is 2.55. The fourth-order valence-electron chi connectivity index (χ4n) is 1.20. The first-order chi connectivity index (χ1) is 6.27. The summed E-state index contributed by atoms with van der Waals surface area (Å²) in [5.41, 5.74) is 6.13. The van der Waals surface area contributed by atoms with Crippen molar-refractivity contribution in [2.24, 2.45) is 0 Å². The number of ether oxygens (including phenoxy) is 1. The SMILES string of the molecule is Nc1c(OC2CCC2)ccnc1Cl. The quantitative estimate of drug-likeness (QED) is 0.742. The topological polar surface area (TPSA) is 48.1 Å². The van der Waals surface area contributed by atoms with E-state index in [2.05, 4.69) is 4.98 Å². The number of aromatic nitrogens is 1. The minimum Gasteiger partial charge on any atom is -0.488 e. The van der Waals surface area contributed by atoms with Crippen LogP contribution in [0.1, 0.15) is 19.3 Å². The summed E-state index contributed by atoms with van der Waals surface area (Å²) in [5, 5.41) is 0.317. The fraction of sp³-hybridized carbons (Fsp3) is 0.444. The molecule has 0 atom stereocenters. The summed E-state index contributed by atoms with van der Waals surface area (Å²) >= 11 is 5.74. The molecule has 4 heteroatoms. The molecule has 0 aromatic carbocycles. The zero-order valence-corrected chi connectivity index (χ0v) is 7.92. The van der Waals surface area contributed by atoms with Crippen LogP contribution in [0.3, 0.4) is 0 Å². The van der Waals surface area contributed by atoms with E-state index in [0.29, 0.717) is 22.7 Å². The van der Waals surface area contributed by atoms with Gasteiger partial charge in [0.1, 0.15) is 11.4 Å². The molecule has 3 nitrogen and oxygen atoms in total. The van der Waals surface area contributed by atoms with E-state index >= 15 is 0 Å². The van der Waals surface area contributed by atoms with Gasteiger partial charge in [0.25, 0.3) is 0 Å². The summed E-state index contributed by atoms with van der Waals surface area (Å²) < 4.78 is 5.61. The summed E-state index contributed by atoms with van der Waals surface area (Å²) in [6.45, 7) is 0. The lowest BCUT2D eigenvalue weighted by Crippen LogP contribution is -2.25. The first-order valence-electron chi connectivity index (χ1n) is 4.34. The first kappa shape index (κ1) is 8.63. The monoisotopic (exact) mass is 198 g/mol. The van der Waals surface area contributed by atoms with Gasteiger partial charge in [-0.25, -0.2) is 4.98 Å². The van der Waals surface area contributed by atoms with Gasteiger partial charge in [-0.3, -0.25) is 0 Å². The predicted octanol–water partition coefficient (Wildman–Crippen LogP) is 2.25. The Balaban J connectivity index is 2.14. The Morgan fingerprint density at radius 2 is 2.31 bits per heavy atom. The van der Waals surface area contributed by atoms with Crippen molar-refractivity contribution in [1.29, 1.82) is 0 Å². The van der Waals surface area contributed by atoms with Crippen molar-refractivity contribution < 1.29 is 4.74 Å². The molecular weight excluding hydrogens is 188 g/mol. The number of rotatable bonds is 2. The summed E-state index contributed by atoms with van der Waals surface area (Å²) in [7, 11) is 0. The Labute approximate surface area is 81.9 Å². The van der Waals surface area contributed by atoms with Gasteiger partial charge >= 0.3 is 0 Å². The van der Waals surface area contributed by atoms with Crippen LogP contribution >= 0.6 is 11.6 Å². The van der Waals surface area contributed by atoms with Gasteiger partial charge in [-0.05, 0) is 19.3 Å². The maximum absolute atomic E-state index is 5.74. The standard InChI is InChI=1S/C9H11ClN2O/c10-9-8(11)7(4-5-12-9)13-6-2-1-3-6/h4-6H,1-3,11H2. The van der Waals surface area contributed by atoms with E-state index in [0.717, 1.165) is 12.8 Å². The van der Waals surface area contributed by atoms with Gasteiger partial charge in [0, 0.05) is 12.3 Å². The Hall–Kier alpha value is -0.960. The highest BCUT2D eigenvalue weighted by Crippen LogP contribution is 2.31. The minimum atomic E-state index is 0.317. The molecule has 0 aliphatic heterocycles. The van der Waals surface area contributed by atoms with Crippen LogP contribution in [0.25, 0.3) is 0 Å². The van der Waals surface area contributed by atoms with Crippen molar-refractivity contribution >= 4 is 17.3 Å². The second-order valence-electron chi connectivity index (χ2n) is 3.18. The van der Waals surface area contributed by atoms with E-state index in [1.54, 1.807) is 12.3 Å². The zero-order chi connectivity index (χ0) is 9.26. The molecule has 1 aromatic rings. The van der Waals surface area contributed by atoms with Gasteiger partial charge in [0.15, 0.2) is 5.15 Å². The lowest BCUT2D eigenvalue weighted by atomic mass is 9.96. The first-order valence-corrected chi connectivity index (χ1v) is 4.72. The molecule has 0 radical (unpaired) electrons. The second kappa shape index (κ2) is 3.42. The van der Waals surface area contributed by atoms with Crippen molar-refractivity contribution in [2.45, 2.75) is 25.4 Å². The van der Waals surface area contributed by atoms with Crippen LogP contribution in [0.2, 0.25) is 5.15 Å². The zero-order valence-electron chi connectivity index (χ0n) is 7.16. The molecule has 0 spiro atoms. The van der Waals surface area contributed by atoms with Crippen LogP contribution in [0.5, 0.6) is 5.75 Å². The van der Waals surface area contributed by atoms with Crippen molar-refractivity contribution in [2.75, 3.05) is 5.73 Å². The normalized spacial score (nSPS) is 16.7. The van der Waals surface area contributed by atoms with Crippen LogP contribution in [0, 0.1) is 0 Å². The van der Waals surface area contributed by atoms with E-state index in [4.69, 9.17) is 22.1 Å². The molecule has 0 unspecified atom stereocenters. The van der Waals surface area contributed by atoms with Crippen molar-refractivity contribution in [1.82, 2.24) is 4.98 Å². The van der Waals surface area contributed by atoms with E-state index in [1.807, 2.05) is 0 Å². The van der Waals surface area contributed by atoms with Gasteiger partial charge in [-0.15, -0.1) is 0 Å². The summed E-state index contributed by atoms with van der Waals surface area (Å²) in [4.78, 5) is 3.85. The molecule has 1 saturated carbocycles. The lowest BCUT2D eigenvalue weighted by molar-refractivity contribution is 0.121. The molecule has 0 bridgehead atoms. The highest BCUT2D eigenvalue weighted by molar-refractivity contribution is 6.32. The molecule has 2 rings (SSSR count). The third kappa shape index (κ3) is 1.70. The van der Waals surface area contributed by atoms with Crippen LogP contribution in [0.4, 0.5) is 5.69 Å². The number of nitrogens with two attached hydrogens (primary N) is 1. The highest BCUT2D eigenvalue weighted by Gasteiger charge is 2.20. The fourth-order valence-corrected chi connectivity index (χ4v) is 1.35. The van der Waals surface area contributed by atoms with E-state index in [-0.39, 0.29) is 0 Å². The molecular formula is C9H11ClN2O. The molecule has 0 saturated heterocycles. The number of halogens is 1. The molecule has 2 N–H and O–H groups in total. The lowest BCUT2D eigenvalue weighted by Gasteiger charge is -2.26. The molecule has 0 amide bonds. The molecule has 1 aromatic heterocycles. The Kier molecular flexibility index (Phi) is 2.27. The summed E-state index contributed by atoms with van der Waals surface area (Å²) in [6, 6.07) is 1.75. The minimum absolute atomic E-state index is 0.317. The van der Waals surface area contributed by atoms with Crippen molar-refractivity contribution in [3.63, 3.8) is 0 Å². The smallest absolute Gasteiger partial charge is 0.155 e. The Morgan fingerprint density at radius 3 is 2.92 bits per heavy atom. The van der Waals surface area contributed by atoms with Crippen LogP contribution in [-0.2, 0) is 0 Å². The highest BCUT2D eigenvalue weighted by atomic mass is 35.5. The number of hydrogen-bond donors (Lipinski definition) is 1. The third-order valence-electron chi connectivity index (χ3n) is 2.25. The molecule has 1 fully saturated rings. The molecule has 1 aliphatic carbocycles. The predicted molar refractivity (Wildman–Crippen MR) is 51.9 cm³/mol. The largest absolute Gasteiger partial charge is 0.488 e. The van der Waals surface area contributed by atoms with Crippen molar-refractivity contribution in [3.8, 4) is 5.75 Å². The molecule has 1 aliphatic rings. The number of pyridine rings is 1. The maximum Gasteiger partial charge on any atom is 0.155 e. The Morgan fingerprint density at radius 1 is 1.54 bits per heavy atom. The van der Waals surface area contributed by atoms with Crippen LogP contribution < -0.4 is 10.5 Å². The number of hydrogen-bond acceptors (Lipinski definition) is 3. The summed E-state index contributed by atoms with van der Waals surface area (Å²) in [5.74, 6) is 0.657. The van der Waals surface area contributed by atoms with Crippen molar-refractivity contribution in [3.05, 3.63) is 17.4 Å². The number of nitrogens with zero attached hydrogens (tertiary/aromatic N) is 1. The van der Waals surface area contributed by atoms with Gasteiger partial charge in [-0.1, -0.05) is 11.6 Å². The number of anilines is 1. The van der Waals surface area contributed by atoms with E-state index in [1.165, 1.54) is 6.42 Å². The molecule has 70 valence electrons. The van der Waals surface area contributed by atoms with E-state index < -0.39 is 0 Å². The molecule has 1 heterocycles. The van der Waals surface area contributed by atoms with Gasteiger partial charge < -0.3 is 10.5 Å². The van der Waals surface area contributed by atoms with Gasteiger partial charge in [0.2, 0.25) is 0 Å². The Bertz CT molecular complexity index is 312. The van der Waals surface area contributed by atoms with Crippen LogP contribution in [0.15, 0.2) is 12.3 Å². The van der Waals surface area contributed by atoms with Crippen LogP contribution in [-0.4, -0.2) is 11.1 Å². The number of nitrogen functional groups attached to an aromatic ring is 1. The van der Waals surface area contributed by atoms with E-state index in [9.17, 15) is 0 Å². The summed E-state index contributed by atoms with van der Waals surface area (Å²) in [6.07, 6.45) is 5.38. The molecule has 13 heavy (non-hydrogen) atoms. The van der Waals surface area contributed by atoms with Gasteiger partial charge in [-0.2, -0.15) is 0 Å². The average Bonchev–Trinajstić information content (AvgIpc) is 2.04. The average molecular weight is 199 g/mol. The second-order valence-corrected chi connectivity index (χ2v) is 3.54.